The Morgan fingerprint density at radius 1 is 0.676 bits per heavy atom. The van der Waals surface area contributed by atoms with Crippen LogP contribution in [0.2, 0.25) is 0 Å². The molecule has 0 aromatic carbocycles. The van der Waals surface area contributed by atoms with Gasteiger partial charge in [0.2, 0.25) is 29.5 Å². The van der Waals surface area contributed by atoms with Gasteiger partial charge < -0.3 is 35.8 Å². The van der Waals surface area contributed by atoms with Gasteiger partial charge in [-0.2, -0.15) is 0 Å². The summed E-state index contributed by atoms with van der Waals surface area (Å²) in [7, 11) is 0. The van der Waals surface area contributed by atoms with Gasteiger partial charge in [-0.3, -0.25) is 24.0 Å². The lowest BCUT2D eigenvalue weighted by Crippen LogP contribution is -2.55. The highest BCUT2D eigenvalue weighted by atomic mass is 16.4. The zero-order chi connectivity index (χ0) is 26.5. The first-order chi connectivity index (χ1) is 17.8. The first kappa shape index (κ1) is 26.8. The number of likely N-dealkylation sites (tertiary alicyclic amines) is 3. The van der Waals surface area contributed by atoms with Crippen LogP contribution in [0, 0.1) is 0 Å². The fourth-order valence-corrected chi connectivity index (χ4v) is 5.82. The normalized spacial score (nSPS) is 27.4. The Morgan fingerprint density at radius 3 is 1.81 bits per heavy atom. The van der Waals surface area contributed by atoms with Crippen molar-refractivity contribution in [2.24, 2.45) is 0 Å². The molecule has 4 rings (SSSR count). The van der Waals surface area contributed by atoms with Crippen molar-refractivity contribution in [3.63, 3.8) is 0 Å². The molecule has 4 N–H and O–H groups in total. The lowest BCUT2D eigenvalue weighted by Gasteiger charge is -2.31. The van der Waals surface area contributed by atoms with E-state index in [4.69, 9.17) is 0 Å². The summed E-state index contributed by atoms with van der Waals surface area (Å²) in [5.41, 5.74) is 0. The average Bonchev–Trinajstić information content (AvgIpc) is 3.70. The quantitative estimate of drug-likeness (QED) is 0.286. The molecule has 4 atom stereocenters. The molecule has 0 spiro atoms. The van der Waals surface area contributed by atoms with E-state index in [1.807, 2.05) is 0 Å². The van der Waals surface area contributed by atoms with Crippen LogP contribution in [0.4, 0.5) is 0 Å². The van der Waals surface area contributed by atoms with Gasteiger partial charge in [0.05, 0.1) is 19.1 Å². The lowest BCUT2D eigenvalue weighted by atomic mass is 10.1. The van der Waals surface area contributed by atoms with Gasteiger partial charge in [-0.1, -0.05) is 0 Å². The zero-order valence-electron chi connectivity index (χ0n) is 20.9. The maximum Gasteiger partial charge on any atom is 0.326 e. The highest BCUT2D eigenvalue weighted by Crippen LogP contribution is 2.25. The molecule has 4 saturated heterocycles. The van der Waals surface area contributed by atoms with Gasteiger partial charge in [0.1, 0.15) is 18.1 Å². The summed E-state index contributed by atoms with van der Waals surface area (Å²) in [6, 6.07) is -2.61. The lowest BCUT2D eigenvalue weighted by molar-refractivity contribution is -0.148. The molecule has 37 heavy (non-hydrogen) atoms. The molecule has 13 nitrogen and oxygen atoms in total. The monoisotopic (exact) mass is 520 g/mol. The maximum absolute atomic E-state index is 13.4. The van der Waals surface area contributed by atoms with Crippen molar-refractivity contribution >= 4 is 35.5 Å². The first-order valence-electron chi connectivity index (χ1n) is 13.2. The fourth-order valence-electron chi connectivity index (χ4n) is 5.82. The Kier molecular flexibility index (Phi) is 8.62. The molecule has 204 valence electrons. The molecule has 13 heteroatoms. The van der Waals surface area contributed by atoms with Gasteiger partial charge in [0.25, 0.3) is 0 Å². The second-order valence-electron chi connectivity index (χ2n) is 10.1. The summed E-state index contributed by atoms with van der Waals surface area (Å²) in [4.78, 5) is 79.5. The minimum atomic E-state index is -1.06. The molecule has 4 aliphatic rings. The summed E-state index contributed by atoms with van der Waals surface area (Å²) in [5, 5.41) is 17.6. The Bertz CT molecular complexity index is 937. The van der Waals surface area contributed by atoms with Crippen molar-refractivity contribution in [3.8, 4) is 0 Å². The zero-order valence-corrected chi connectivity index (χ0v) is 20.9. The number of nitrogens with one attached hydrogen (secondary N) is 3. The molecule has 0 aromatic rings. The van der Waals surface area contributed by atoms with Gasteiger partial charge in [0.15, 0.2) is 0 Å². The summed E-state index contributed by atoms with van der Waals surface area (Å²) in [6.07, 6.45) is 4.82. The third kappa shape index (κ3) is 6.03. The number of carbonyl (C=O) groups is 6. The molecule has 0 aliphatic carbocycles. The third-order valence-electron chi connectivity index (χ3n) is 7.76. The molecule has 4 heterocycles. The number of hydrogen-bond donors (Lipinski definition) is 4. The summed E-state index contributed by atoms with van der Waals surface area (Å²) in [6.45, 7) is 1.39. The number of carboxylic acid groups (broad SMARTS) is 1. The van der Waals surface area contributed by atoms with Crippen LogP contribution in [-0.4, -0.2) is 119 Å². The van der Waals surface area contributed by atoms with Crippen molar-refractivity contribution < 1.29 is 33.9 Å². The van der Waals surface area contributed by atoms with E-state index in [1.54, 1.807) is 0 Å². The predicted molar refractivity (Wildman–Crippen MR) is 129 cm³/mol. The number of amides is 5. The van der Waals surface area contributed by atoms with E-state index >= 15 is 0 Å². The third-order valence-corrected chi connectivity index (χ3v) is 7.76. The van der Waals surface area contributed by atoms with Gasteiger partial charge in [0, 0.05) is 19.6 Å². The Hall–Kier alpha value is -3.22. The van der Waals surface area contributed by atoms with E-state index in [9.17, 15) is 33.9 Å². The van der Waals surface area contributed by atoms with Crippen LogP contribution in [-0.2, 0) is 28.8 Å². The minimum Gasteiger partial charge on any atom is -0.480 e. The number of carbonyl (C=O) groups excluding carboxylic acids is 5. The van der Waals surface area contributed by atoms with Crippen molar-refractivity contribution in [1.29, 1.82) is 0 Å². The molecular weight excluding hydrogens is 484 g/mol. The molecule has 0 bridgehead atoms. The molecule has 5 amide bonds. The Labute approximate surface area is 215 Å². The van der Waals surface area contributed by atoms with Crippen molar-refractivity contribution in [1.82, 2.24) is 30.7 Å². The molecular formula is C24H36N6O7. The fraction of sp³-hybridized carbons (Fsp3) is 0.750. The van der Waals surface area contributed by atoms with E-state index in [1.165, 1.54) is 14.7 Å². The van der Waals surface area contributed by atoms with E-state index < -0.39 is 35.9 Å². The number of hydrogen-bond acceptors (Lipinski definition) is 7. The van der Waals surface area contributed by atoms with Gasteiger partial charge >= 0.3 is 5.97 Å². The maximum atomic E-state index is 13.4. The van der Waals surface area contributed by atoms with Crippen LogP contribution in [0.3, 0.4) is 0 Å². The van der Waals surface area contributed by atoms with E-state index in [-0.39, 0.29) is 36.9 Å². The van der Waals surface area contributed by atoms with Crippen LogP contribution in [0.25, 0.3) is 0 Å². The van der Waals surface area contributed by atoms with Crippen LogP contribution < -0.4 is 16.0 Å². The summed E-state index contributed by atoms with van der Waals surface area (Å²) in [5.74, 6) is -2.83. The molecule has 0 unspecified atom stereocenters. The summed E-state index contributed by atoms with van der Waals surface area (Å²) >= 11 is 0. The standard InChI is InChI=1S/C24H36N6O7/c31-19(13-26-21(33)15-5-1-9-25-15)28-10-3-7-17(28)23(35)30-12-2-6-16(30)22(34)27-14-20(32)29-11-4-8-18(29)24(36)37/h15-18,25H,1-14H2,(H,26,33)(H,27,34)(H,36,37)/t15-,16-,17-,18-/m0/s1. The van der Waals surface area contributed by atoms with Crippen LogP contribution >= 0.6 is 0 Å². The smallest absolute Gasteiger partial charge is 0.326 e. The first-order valence-corrected chi connectivity index (χ1v) is 13.2. The topological polar surface area (TPSA) is 168 Å². The largest absolute Gasteiger partial charge is 0.480 e. The van der Waals surface area contributed by atoms with Gasteiger partial charge in [-0.05, 0) is 57.9 Å². The SMILES string of the molecule is O=C(NCC(=O)N1CCC[C@H]1C(=O)N1CCC[C@H]1C(=O)NCC(=O)N1CCC[C@H]1C(=O)O)[C@@H]1CCCN1. The molecule has 0 saturated carbocycles. The van der Waals surface area contributed by atoms with Gasteiger partial charge in [-0.25, -0.2) is 4.79 Å². The average molecular weight is 521 g/mol. The Balaban J connectivity index is 1.29. The molecule has 0 radical (unpaired) electrons. The second-order valence-corrected chi connectivity index (χ2v) is 10.1. The van der Waals surface area contributed by atoms with E-state index in [0.29, 0.717) is 58.2 Å². The van der Waals surface area contributed by atoms with Crippen molar-refractivity contribution in [2.45, 2.75) is 75.5 Å². The number of aliphatic carboxylic acids is 1. The second kappa shape index (κ2) is 11.9. The number of rotatable bonds is 8. The number of nitrogens with zero attached hydrogens (tertiary/aromatic N) is 3. The molecule has 4 fully saturated rings. The highest BCUT2D eigenvalue weighted by molar-refractivity contribution is 5.95. The van der Waals surface area contributed by atoms with Crippen molar-refractivity contribution in [2.75, 3.05) is 39.3 Å². The summed E-state index contributed by atoms with van der Waals surface area (Å²) < 4.78 is 0. The molecule has 4 aliphatic heterocycles. The highest BCUT2D eigenvalue weighted by Gasteiger charge is 2.42. The predicted octanol–water partition coefficient (Wildman–Crippen LogP) is -1.97. The van der Waals surface area contributed by atoms with Crippen LogP contribution in [0.15, 0.2) is 0 Å². The van der Waals surface area contributed by atoms with E-state index in [2.05, 4.69) is 16.0 Å². The van der Waals surface area contributed by atoms with Crippen molar-refractivity contribution in [3.05, 3.63) is 0 Å². The minimum absolute atomic E-state index is 0.180. The number of carboxylic acids is 1. The van der Waals surface area contributed by atoms with Gasteiger partial charge in [-0.15, -0.1) is 0 Å². The van der Waals surface area contributed by atoms with E-state index in [0.717, 1.165) is 19.4 Å². The Morgan fingerprint density at radius 2 is 1.22 bits per heavy atom. The van der Waals surface area contributed by atoms with Crippen LogP contribution in [0.5, 0.6) is 0 Å². The molecule has 0 aromatic heterocycles. The van der Waals surface area contributed by atoms with Crippen LogP contribution in [0.1, 0.15) is 51.4 Å².